The predicted molar refractivity (Wildman–Crippen MR) is 75.6 cm³/mol. The Morgan fingerprint density at radius 3 is 2.74 bits per heavy atom. The van der Waals surface area contributed by atoms with Gasteiger partial charge in [0.15, 0.2) is 5.82 Å². The van der Waals surface area contributed by atoms with Crippen LogP contribution in [0.1, 0.15) is 64.7 Å². The number of nitrogens with zero attached hydrogens (tertiary/aromatic N) is 4. The van der Waals surface area contributed by atoms with Crippen LogP contribution < -0.4 is 5.32 Å². The Morgan fingerprint density at radius 1 is 1.32 bits per heavy atom. The lowest BCUT2D eigenvalue weighted by Gasteiger charge is -2.26. The zero-order valence-corrected chi connectivity index (χ0v) is 12.5. The van der Waals surface area contributed by atoms with Crippen LogP contribution in [0, 0.1) is 11.8 Å². The SMILES string of the molecule is CCNC(C)c1nnnn1CCC1CCC(C)CC1. The number of rotatable bonds is 6. The molecule has 5 nitrogen and oxygen atoms in total. The lowest BCUT2D eigenvalue weighted by molar-refractivity contribution is 0.263. The molecule has 0 saturated heterocycles. The molecule has 1 fully saturated rings. The van der Waals surface area contributed by atoms with E-state index in [1.807, 2.05) is 4.68 Å². The minimum absolute atomic E-state index is 0.228. The molecular formula is C14H27N5. The summed E-state index contributed by atoms with van der Waals surface area (Å²) >= 11 is 0. The quantitative estimate of drug-likeness (QED) is 0.859. The van der Waals surface area contributed by atoms with E-state index in [-0.39, 0.29) is 6.04 Å². The van der Waals surface area contributed by atoms with Crippen molar-refractivity contribution >= 4 is 0 Å². The van der Waals surface area contributed by atoms with Crippen molar-refractivity contribution in [1.29, 1.82) is 0 Å². The molecule has 0 amide bonds. The summed E-state index contributed by atoms with van der Waals surface area (Å²) in [5, 5.41) is 15.5. The van der Waals surface area contributed by atoms with Crippen molar-refractivity contribution in [3.63, 3.8) is 0 Å². The molecule has 0 aliphatic heterocycles. The number of aromatic nitrogens is 4. The fourth-order valence-electron chi connectivity index (χ4n) is 3.00. The van der Waals surface area contributed by atoms with Gasteiger partial charge >= 0.3 is 0 Å². The molecule has 1 atom stereocenters. The van der Waals surface area contributed by atoms with E-state index in [1.165, 1.54) is 32.1 Å². The van der Waals surface area contributed by atoms with Gasteiger partial charge in [0.05, 0.1) is 6.04 Å². The second-order valence-corrected chi connectivity index (χ2v) is 5.95. The Bertz CT molecular complexity index is 368. The van der Waals surface area contributed by atoms with Crippen LogP contribution >= 0.6 is 0 Å². The topological polar surface area (TPSA) is 55.6 Å². The molecule has 0 aromatic carbocycles. The zero-order valence-electron chi connectivity index (χ0n) is 12.5. The molecular weight excluding hydrogens is 238 g/mol. The van der Waals surface area contributed by atoms with Crippen molar-refractivity contribution in [2.75, 3.05) is 6.54 Å². The molecule has 1 aromatic heterocycles. The number of tetrazole rings is 1. The highest BCUT2D eigenvalue weighted by atomic mass is 15.5. The first-order valence-electron chi connectivity index (χ1n) is 7.70. The third kappa shape index (κ3) is 4.00. The summed E-state index contributed by atoms with van der Waals surface area (Å²) < 4.78 is 1.98. The summed E-state index contributed by atoms with van der Waals surface area (Å²) in [5.41, 5.74) is 0. The summed E-state index contributed by atoms with van der Waals surface area (Å²) in [4.78, 5) is 0. The highest BCUT2D eigenvalue weighted by Crippen LogP contribution is 2.30. The predicted octanol–water partition coefficient (Wildman–Crippen LogP) is 2.56. The van der Waals surface area contributed by atoms with E-state index < -0.39 is 0 Å². The van der Waals surface area contributed by atoms with Crippen LogP contribution in [0.25, 0.3) is 0 Å². The molecule has 5 heteroatoms. The third-order valence-electron chi connectivity index (χ3n) is 4.34. The van der Waals surface area contributed by atoms with Crippen LogP contribution in [-0.2, 0) is 6.54 Å². The first-order chi connectivity index (χ1) is 9.20. The Morgan fingerprint density at radius 2 is 2.05 bits per heavy atom. The number of aryl methyl sites for hydroxylation is 1. The molecule has 1 aromatic rings. The molecule has 1 saturated carbocycles. The van der Waals surface area contributed by atoms with Gasteiger partial charge in [0.25, 0.3) is 0 Å². The first kappa shape index (κ1) is 14.4. The van der Waals surface area contributed by atoms with Crippen LogP contribution in [0.3, 0.4) is 0 Å². The van der Waals surface area contributed by atoms with E-state index in [4.69, 9.17) is 0 Å². The fraction of sp³-hybridized carbons (Fsp3) is 0.929. The van der Waals surface area contributed by atoms with E-state index in [0.29, 0.717) is 0 Å². The average molecular weight is 265 g/mol. The Labute approximate surface area is 116 Å². The van der Waals surface area contributed by atoms with E-state index >= 15 is 0 Å². The summed E-state index contributed by atoms with van der Waals surface area (Å²) in [5.74, 6) is 2.75. The highest BCUT2D eigenvalue weighted by Gasteiger charge is 2.19. The van der Waals surface area contributed by atoms with Gasteiger partial charge in [-0.1, -0.05) is 39.5 Å². The highest BCUT2D eigenvalue weighted by molar-refractivity contribution is 4.89. The minimum Gasteiger partial charge on any atom is -0.308 e. The molecule has 0 radical (unpaired) electrons. The van der Waals surface area contributed by atoms with Crippen molar-refractivity contribution in [2.45, 2.75) is 65.5 Å². The molecule has 0 spiro atoms. The maximum Gasteiger partial charge on any atom is 0.167 e. The van der Waals surface area contributed by atoms with E-state index in [9.17, 15) is 0 Å². The molecule has 1 heterocycles. The Hall–Kier alpha value is -0.970. The van der Waals surface area contributed by atoms with Crippen LogP contribution in [-0.4, -0.2) is 26.8 Å². The van der Waals surface area contributed by atoms with Crippen LogP contribution in [0.2, 0.25) is 0 Å². The van der Waals surface area contributed by atoms with Gasteiger partial charge in [0.2, 0.25) is 0 Å². The third-order valence-corrected chi connectivity index (χ3v) is 4.34. The van der Waals surface area contributed by atoms with Crippen molar-refractivity contribution in [1.82, 2.24) is 25.5 Å². The normalized spacial score (nSPS) is 25.4. The molecule has 1 unspecified atom stereocenters. The Kier molecular flexibility index (Phi) is 5.31. The second kappa shape index (κ2) is 6.98. The lowest BCUT2D eigenvalue weighted by Crippen LogP contribution is -2.23. The molecule has 108 valence electrons. The maximum absolute atomic E-state index is 4.15. The molecule has 19 heavy (non-hydrogen) atoms. The van der Waals surface area contributed by atoms with Crippen molar-refractivity contribution < 1.29 is 0 Å². The number of hydrogen-bond donors (Lipinski definition) is 1. The summed E-state index contributed by atoms with van der Waals surface area (Å²) in [6.45, 7) is 8.49. The number of nitrogens with one attached hydrogen (secondary N) is 1. The molecule has 1 aliphatic carbocycles. The first-order valence-corrected chi connectivity index (χ1v) is 7.70. The largest absolute Gasteiger partial charge is 0.308 e. The van der Waals surface area contributed by atoms with Gasteiger partial charge in [-0.25, -0.2) is 4.68 Å². The van der Waals surface area contributed by atoms with Crippen LogP contribution in [0.5, 0.6) is 0 Å². The minimum atomic E-state index is 0.228. The summed E-state index contributed by atoms with van der Waals surface area (Å²) in [7, 11) is 0. The van der Waals surface area contributed by atoms with Gasteiger partial charge in [-0.3, -0.25) is 0 Å². The van der Waals surface area contributed by atoms with Crippen molar-refractivity contribution in [2.24, 2.45) is 11.8 Å². The summed E-state index contributed by atoms with van der Waals surface area (Å²) in [6, 6.07) is 0.228. The van der Waals surface area contributed by atoms with Gasteiger partial charge in [-0.15, -0.1) is 5.10 Å². The van der Waals surface area contributed by atoms with Gasteiger partial charge in [-0.2, -0.15) is 0 Å². The summed E-state index contributed by atoms with van der Waals surface area (Å²) in [6.07, 6.45) is 6.74. The van der Waals surface area contributed by atoms with Gasteiger partial charge in [0.1, 0.15) is 0 Å². The van der Waals surface area contributed by atoms with Crippen LogP contribution in [0.4, 0.5) is 0 Å². The van der Waals surface area contributed by atoms with E-state index in [1.54, 1.807) is 0 Å². The van der Waals surface area contributed by atoms with E-state index in [0.717, 1.165) is 30.7 Å². The second-order valence-electron chi connectivity index (χ2n) is 5.95. The maximum atomic E-state index is 4.15. The van der Waals surface area contributed by atoms with Crippen molar-refractivity contribution in [3.05, 3.63) is 5.82 Å². The van der Waals surface area contributed by atoms with Gasteiger partial charge in [0, 0.05) is 6.54 Å². The smallest absolute Gasteiger partial charge is 0.167 e. The lowest BCUT2D eigenvalue weighted by atomic mass is 9.81. The zero-order chi connectivity index (χ0) is 13.7. The average Bonchev–Trinajstić information content (AvgIpc) is 2.87. The number of hydrogen-bond acceptors (Lipinski definition) is 4. The van der Waals surface area contributed by atoms with Gasteiger partial charge < -0.3 is 5.32 Å². The van der Waals surface area contributed by atoms with Gasteiger partial charge in [-0.05, 0) is 42.2 Å². The standard InChI is InChI=1S/C14H27N5/c1-4-15-12(3)14-16-17-18-19(14)10-9-13-7-5-11(2)6-8-13/h11-13,15H,4-10H2,1-3H3. The monoisotopic (exact) mass is 265 g/mol. The fourth-order valence-corrected chi connectivity index (χ4v) is 3.00. The van der Waals surface area contributed by atoms with Crippen LogP contribution in [0.15, 0.2) is 0 Å². The molecule has 2 rings (SSSR count). The molecule has 0 bridgehead atoms. The Balaban J connectivity index is 1.84. The van der Waals surface area contributed by atoms with Crippen molar-refractivity contribution in [3.8, 4) is 0 Å². The molecule has 1 N–H and O–H groups in total. The molecule has 1 aliphatic rings. The van der Waals surface area contributed by atoms with E-state index in [2.05, 4.69) is 41.6 Å².